The molecule has 0 fully saturated rings. The minimum Gasteiger partial charge on any atom is -0.496 e. The first-order chi connectivity index (χ1) is 6.49. The van der Waals surface area contributed by atoms with Crippen molar-refractivity contribution < 1.29 is 9.53 Å². The lowest BCUT2D eigenvalue weighted by atomic mass is 10.1. The van der Waals surface area contributed by atoms with Gasteiger partial charge in [-0.05, 0) is 13.0 Å². The fourth-order valence-corrected chi connectivity index (χ4v) is 1.47. The van der Waals surface area contributed by atoms with Crippen molar-refractivity contribution in [3.05, 3.63) is 22.2 Å². The summed E-state index contributed by atoms with van der Waals surface area (Å²) in [6.45, 7) is 1.71. The van der Waals surface area contributed by atoms with Crippen molar-refractivity contribution in [1.82, 2.24) is 0 Å². The van der Waals surface area contributed by atoms with Crippen LogP contribution in [0.25, 0.3) is 0 Å². The molecule has 0 heterocycles. The molecule has 14 heavy (non-hydrogen) atoms. The molecule has 1 aromatic rings. The molecule has 0 atom stereocenters. The maximum absolute atomic E-state index is 11.0. The average molecular weight is 215 g/mol. The number of halogens is 1. The second kappa shape index (κ2) is 3.75. The number of hydrogen-bond donors (Lipinski definition) is 2. The number of carbonyl (C=O) groups excluding carboxylic acids is 1. The smallest absolute Gasteiger partial charge is 0.252 e. The molecule has 0 unspecified atom stereocenters. The van der Waals surface area contributed by atoms with Crippen LogP contribution in [0.1, 0.15) is 15.9 Å². The lowest BCUT2D eigenvalue weighted by Gasteiger charge is -2.12. The van der Waals surface area contributed by atoms with Gasteiger partial charge in [0.05, 0.1) is 23.4 Å². The molecule has 0 saturated heterocycles. The number of nitrogens with two attached hydrogens (primary N) is 2. The number of benzene rings is 1. The number of carbonyl (C=O) groups is 1. The zero-order valence-corrected chi connectivity index (χ0v) is 8.68. The Balaban J connectivity index is 3.51. The van der Waals surface area contributed by atoms with Gasteiger partial charge in [-0.2, -0.15) is 0 Å². The Kier molecular flexibility index (Phi) is 2.86. The molecule has 4 nitrogen and oxygen atoms in total. The van der Waals surface area contributed by atoms with E-state index in [2.05, 4.69) is 0 Å². The Bertz CT molecular complexity index is 391. The van der Waals surface area contributed by atoms with Gasteiger partial charge in [0.25, 0.3) is 5.91 Å². The molecule has 0 saturated carbocycles. The van der Waals surface area contributed by atoms with E-state index in [1.807, 2.05) is 0 Å². The van der Waals surface area contributed by atoms with Gasteiger partial charge in [0.2, 0.25) is 0 Å². The Morgan fingerprint density at radius 2 is 2.14 bits per heavy atom. The minimum absolute atomic E-state index is 0.240. The fourth-order valence-electron chi connectivity index (χ4n) is 1.22. The molecule has 0 bridgehead atoms. The molecule has 0 aliphatic rings. The summed E-state index contributed by atoms with van der Waals surface area (Å²) in [5, 5.41) is 0.303. The maximum atomic E-state index is 11.0. The highest BCUT2D eigenvalue weighted by Crippen LogP contribution is 2.33. The molecule has 0 aliphatic heterocycles. The number of primary amides is 1. The van der Waals surface area contributed by atoms with Crippen LogP contribution in [0.2, 0.25) is 5.02 Å². The summed E-state index contributed by atoms with van der Waals surface area (Å²) in [7, 11) is 1.45. The van der Waals surface area contributed by atoms with Gasteiger partial charge in [0.1, 0.15) is 5.75 Å². The molecule has 1 rings (SSSR count). The molecule has 5 heteroatoms. The van der Waals surface area contributed by atoms with Crippen molar-refractivity contribution in [1.29, 1.82) is 0 Å². The summed E-state index contributed by atoms with van der Waals surface area (Å²) in [6, 6.07) is 1.41. The summed E-state index contributed by atoms with van der Waals surface area (Å²) in [5.74, 6) is -0.216. The van der Waals surface area contributed by atoms with Gasteiger partial charge in [0.15, 0.2) is 0 Å². The summed E-state index contributed by atoms with van der Waals surface area (Å²) in [4.78, 5) is 11.0. The molecule has 76 valence electrons. The summed E-state index contributed by atoms with van der Waals surface area (Å²) < 4.78 is 5.03. The van der Waals surface area contributed by atoms with Crippen LogP contribution in [0.3, 0.4) is 0 Å². The normalized spacial score (nSPS) is 9.93. The van der Waals surface area contributed by atoms with E-state index in [0.29, 0.717) is 22.0 Å². The number of rotatable bonds is 2. The molecule has 0 aliphatic carbocycles. The summed E-state index contributed by atoms with van der Waals surface area (Å²) in [6.07, 6.45) is 0. The van der Waals surface area contributed by atoms with Crippen LogP contribution >= 0.6 is 11.6 Å². The average Bonchev–Trinajstić information content (AvgIpc) is 2.13. The van der Waals surface area contributed by atoms with Gasteiger partial charge in [-0.1, -0.05) is 11.6 Å². The van der Waals surface area contributed by atoms with E-state index in [1.54, 1.807) is 6.92 Å². The van der Waals surface area contributed by atoms with Gasteiger partial charge >= 0.3 is 0 Å². The van der Waals surface area contributed by atoms with Crippen LogP contribution in [0.15, 0.2) is 6.07 Å². The highest BCUT2D eigenvalue weighted by atomic mass is 35.5. The molecule has 0 aromatic heterocycles. The Morgan fingerprint density at radius 3 is 2.57 bits per heavy atom. The third-order valence-electron chi connectivity index (χ3n) is 1.99. The second-order valence-corrected chi connectivity index (χ2v) is 3.25. The second-order valence-electron chi connectivity index (χ2n) is 2.84. The van der Waals surface area contributed by atoms with E-state index in [1.165, 1.54) is 13.2 Å². The zero-order chi connectivity index (χ0) is 10.9. The van der Waals surface area contributed by atoms with E-state index in [9.17, 15) is 4.79 Å². The third-order valence-corrected chi connectivity index (χ3v) is 2.30. The summed E-state index contributed by atoms with van der Waals surface area (Å²) >= 11 is 5.80. The number of anilines is 1. The molecular weight excluding hydrogens is 204 g/mol. The highest BCUT2D eigenvalue weighted by Gasteiger charge is 2.16. The van der Waals surface area contributed by atoms with Gasteiger partial charge in [-0.3, -0.25) is 4.79 Å². The van der Waals surface area contributed by atoms with Crippen molar-refractivity contribution in [3.8, 4) is 5.75 Å². The minimum atomic E-state index is -0.591. The quantitative estimate of drug-likeness (QED) is 0.730. The van der Waals surface area contributed by atoms with Crippen LogP contribution in [0, 0.1) is 6.92 Å². The third kappa shape index (κ3) is 1.61. The maximum Gasteiger partial charge on any atom is 0.252 e. The van der Waals surface area contributed by atoms with Crippen molar-refractivity contribution in [2.45, 2.75) is 6.92 Å². The molecular formula is C9H11ClN2O2. The molecule has 4 N–H and O–H groups in total. The Morgan fingerprint density at radius 1 is 1.57 bits per heavy atom. The number of nitrogen functional groups attached to an aromatic ring is 1. The van der Waals surface area contributed by atoms with E-state index in [4.69, 9.17) is 27.8 Å². The van der Waals surface area contributed by atoms with E-state index in [0.717, 1.165) is 0 Å². The van der Waals surface area contributed by atoms with E-state index in [-0.39, 0.29) is 5.56 Å². The van der Waals surface area contributed by atoms with Gasteiger partial charge in [0, 0.05) is 5.56 Å². The van der Waals surface area contributed by atoms with Crippen LogP contribution < -0.4 is 16.2 Å². The predicted molar refractivity (Wildman–Crippen MR) is 55.7 cm³/mol. The Hall–Kier alpha value is -1.42. The lowest BCUT2D eigenvalue weighted by molar-refractivity contribution is 0.0997. The number of ether oxygens (including phenoxy) is 1. The standard InChI is InChI=1S/C9H11ClN2O2/c1-4-7(11)6(10)3-5(9(12)13)8(4)14-2/h3H,11H2,1-2H3,(H2,12,13). The molecule has 0 radical (unpaired) electrons. The monoisotopic (exact) mass is 214 g/mol. The van der Waals surface area contributed by atoms with Gasteiger partial charge in [-0.25, -0.2) is 0 Å². The first-order valence-electron chi connectivity index (χ1n) is 3.91. The topological polar surface area (TPSA) is 78.3 Å². The number of methoxy groups -OCH3 is 1. The predicted octanol–water partition coefficient (Wildman–Crippen LogP) is 1.34. The van der Waals surface area contributed by atoms with E-state index >= 15 is 0 Å². The first kappa shape index (κ1) is 10.7. The largest absolute Gasteiger partial charge is 0.496 e. The van der Waals surface area contributed by atoms with Crippen LogP contribution in [-0.4, -0.2) is 13.0 Å². The van der Waals surface area contributed by atoms with Crippen molar-refractivity contribution in [2.75, 3.05) is 12.8 Å². The van der Waals surface area contributed by atoms with Crippen molar-refractivity contribution in [2.24, 2.45) is 5.73 Å². The first-order valence-corrected chi connectivity index (χ1v) is 4.29. The van der Waals surface area contributed by atoms with Gasteiger partial charge in [-0.15, -0.1) is 0 Å². The van der Waals surface area contributed by atoms with Crippen molar-refractivity contribution in [3.63, 3.8) is 0 Å². The SMILES string of the molecule is COc1c(C(N)=O)cc(Cl)c(N)c1C. The van der Waals surface area contributed by atoms with E-state index < -0.39 is 5.91 Å². The summed E-state index contributed by atoms with van der Waals surface area (Å²) in [5.41, 5.74) is 12.1. The fraction of sp³-hybridized carbons (Fsp3) is 0.222. The number of hydrogen-bond acceptors (Lipinski definition) is 3. The zero-order valence-electron chi connectivity index (χ0n) is 7.93. The molecule has 0 spiro atoms. The van der Waals surface area contributed by atoms with Crippen LogP contribution in [-0.2, 0) is 0 Å². The van der Waals surface area contributed by atoms with Crippen molar-refractivity contribution >= 4 is 23.2 Å². The molecule has 1 aromatic carbocycles. The van der Waals surface area contributed by atoms with Crippen LogP contribution in [0.4, 0.5) is 5.69 Å². The molecule has 1 amide bonds. The van der Waals surface area contributed by atoms with Gasteiger partial charge < -0.3 is 16.2 Å². The number of amides is 1. The lowest BCUT2D eigenvalue weighted by Crippen LogP contribution is -2.14. The Labute approximate surface area is 86.8 Å². The van der Waals surface area contributed by atoms with Crippen LogP contribution in [0.5, 0.6) is 5.75 Å². The highest BCUT2D eigenvalue weighted by molar-refractivity contribution is 6.33.